The first-order valence-corrected chi connectivity index (χ1v) is 10.9. The third-order valence-corrected chi connectivity index (χ3v) is 5.77. The molecule has 0 atom stereocenters. The molecule has 4 rings (SSSR count). The number of alkyl halides is 1. The highest BCUT2D eigenvalue weighted by molar-refractivity contribution is 6.17. The van der Waals surface area contributed by atoms with Crippen LogP contribution in [0.25, 0.3) is 16.6 Å². The smallest absolute Gasteiger partial charge is 0.341 e. The van der Waals surface area contributed by atoms with Gasteiger partial charge in [0.2, 0.25) is 5.43 Å². The van der Waals surface area contributed by atoms with Crippen LogP contribution >= 0.6 is 11.6 Å². The maximum Gasteiger partial charge on any atom is 0.341 e. The molecule has 1 heterocycles. The Morgan fingerprint density at radius 2 is 1.65 bits per heavy atom. The molecule has 3 aromatic carbocycles. The van der Waals surface area contributed by atoms with Gasteiger partial charge in [-0.2, -0.15) is 0 Å². The number of benzene rings is 3. The highest BCUT2D eigenvalue weighted by Gasteiger charge is 2.17. The van der Waals surface area contributed by atoms with E-state index in [2.05, 4.69) is 0 Å². The van der Waals surface area contributed by atoms with Gasteiger partial charge in [-0.25, -0.2) is 4.79 Å². The molecule has 7 nitrogen and oxygen atoms in total. The van der Waals surface area contributed by atoms with Crippen LogP contribution in [0.15, 0.2) is 71.7 Å². The summed E-state index contributed by atoms with van der Waals surface area (Å²) < 4.78 is 18.4. The molecule has 8 heteroatoms. The average Bonchev–Trinajstić information content (AvgIpc) is 2.87. The molecule has 174 valence electrons. The van der Waals surface area contributed by atoms with E-state index in [4.69, 9.17) is 25.8 Å². The zero-order chi connectivity index (χ0) is 24.2. The number of carbonyl (C=O) groups is 1. The number of ether oxygens (including phenoxy) is 3. The zero-order valence-electron chi connectivity index (χ0n) is 18.6. The van der Waals surface area contributed by atoms with Gasteiger partial charge in [-0.3, -0.25) is 4.79 Å². The summed E-state index contributed by atoms with van der Waals surface area (Å²) >= 11 is 6.04. The summed E-state index contributed by atoms with van der Waals surface area (Å²) in [4.78, 5) is 24.6. The average molecular weight is 480 g/mol. The van der Waals surface area contributed by atoms with E-state index in [0.717, 1.165) is 11.1 Å². The number of nitrogens with zero attached hydrogens (tertiary/aromatic N) is 1. The Kier molecular flexibility index (Phi) is 6.75. The minimum Gasteiger partial charge on any atom is -0.497 e. The normalized spacial score (nSPS) is 10.8. The van der Waals surface area contributed by atoms with Gasteiger partial charge in [0.15, 0.2) is 0 Å². The van der Waals surface area contributed by atoms with Crippen molar-refractivity contribution >= 4 is 28.5 Å². The van der Waals surface area contributed by atoms with Crippen LogP contribution in [0.5, 0.6) is 17.2 Å². The second kappa shape index (κ2) is 9.89. The number of aromatic nitrogens is 1. The van der Waals surface area contributed by atoms with Crippen LogP contribution in [0.2, 0.25) is 0 Å². The molecule has 0 unspecified atom stereocenters. The van der Waals surface area contributed by atoms with Crippen LogP contribution in [0.1, 0.15) is 21.5 Å². The fraction of sp³-hybridized carbons (Fsp3) is 0.154. The Labute approximate surface area is 200 Å². The van der Waals surface area contributed by atoms with Crippen LogP contribution in [0, 0.1) is 0 Å². The summed E-state index contributed by atoms with van der Waals surface area (Å²) in [6.45, 7) is 0.286. The highest BCUT2D eigenvalue weighted by atomic mass is 35.5. The van der Waals surface area contributed by atoms with Crippen molar-refractivity contribution in [2.24, 2.45) is 0 Å². The molecule has 0 spiro atoms. The highest BCUT2D eigenvalue weighted by Crippen LogP contribution is 2.29. The first kappa shape index (κ1) is 23.2. The summed E-state index contributed by atoms with van der Waals surface area (Å²) in [6.07, 6.45) is 1.30. The molecule has 4 aromatic rings. The lowest BCUT2D eigenvalue weighted by Crippen LogP contribution is -2.18. The predicted molar refractivity (Wildman–Crippen MR) is 130 cm³/mol. The molecule has 0 radical (unpaired) electrons. The van der Waals surface area contributed by atoms with Gasteiger partial charge >= 0.3 is 5.97 Å². The number of carboxylic acid groups (broad SMARTS) is 1. The van der Waals surface area contributed by atoms with Crippen molar-refractivity contribution in [1.29, 1.82) is 0 Å². The van der Waals surface area contributed by atoms with E-state index in [-0.39, 0.29) is 17.6 Å². The Bertz CT molecular complexity index is 1430. The minimum atomic E-state index is -1.31. The first-order valence-electron chi connectivity index (χ1n) is 10.4. The molecule has 0 saturated heterocycles. The number of carboxylic acids is 1. The van der Waals surface area contributed by atoms with Gasteiger partial charge in [0.1, 0.15) is 29.4 Å². The Balaban J connectivity index is 1.85. The molecule has 0 fully saturated rings. The summed E-state index contributed by atoms with van der Waals surface area (Å²) in [5.74, 6) is 0.593. The van der Waals surface area contributed by atoms with E-state index in [1.807, 2.05) is 24.3 Å². The fourth-order valence-corrected chi connectivity index (χ4v) is 3.95. The van der Waals surface area contributed by atoms with Gasteiger partial charge in [0.05, 0.1) is 25.4 Å². The van der Waals surface area contributed by atoms with E-state index in [0.29, 0.717) is 34.3 Å². The van der Waals surface area contributed by atoms with Gasteiger partial charge in [-0.05, 0) is 23.3 Å². The van der Waals surface area contributed by atoms with Crippen molar-refractivity contribution in [3.63, 3.8) is 0 Å². The summed E-state index contributed by atoms with van der Waals surface area (Å²) in [5.41, 5.74) is 2.05. The predicted octanol–water partition coefficient (Wildman–Crippen LogP) is 5.02. The fourth-order valence-electron chi connectivity index (χ4n) is 3.68. The Morgan fingerprint density at radius 3 is 2.32 bits per heavy atom. The maximum absolute atomic E-state index is 12.8. The molecular formula is C26H22ClNO6. The molecule has 1 aromatic heterocycles. The summed E-state index contributed by atoms with van der Waals surface area (Å²) in [5, 5.41) is 9.87. The van der Waals surface area contributed by atoms with Crippen LogP contribution in [-0.4, -0.2) is 29.9 Å². The van der Waals surface area contributed by atoms with Crippen molar-refractivity contribution in [2.45, 2.75) is 12.5 Å². The molecule has 0 aliphatic heterocycles. The first-order chi connectivity index (χ1) is 16.4. The number of halogens is 1. The minimum absolute atomic E-state index is 0.252. The van der Waals surface area contributed by atoms with Gasteiger partial charge in [0, 0.05) is 41.7 Å². The van der Waals surface area contributed by atoms with E-state index in [9.17, 15) is 14.7 Å². The van der Waals surface area contributed by atoms with Gasteiger partial charge in [-0.1, -0.05) is 24.3 Å². The summed E-state index contributed by atoms with van der Waals surface area (Å²) in [7, 11) is 3.05. The van der Waals surface area contributed by atoms with E-state index in [1.165, 1.54) is 20.4 Å². The molecular weight excluding hydrogens is 458 g/mol. The number of hydrogen-bond donors (Lipinski definition) is 1. The molecule has 0 saturated carbocycles. The standard InChI is InChI=1S/C26H22ClNO6/c1-32-19-7-8-22-24(12-19)28(14-23(25(22)29)26(30)31)18-9-20(33-2)11-21(10-18)34-15-17-6-4-3-5-16(17)13-27/h3-12,14H,13,15H2,1-2H3,(H,30,31). The number of aromatic carboxylic acids is 1. The van der Waals surface area contributed by atoms with Crippen LogP contribution in [0.3, 0.4) is 0 Å². The maximum atomic E-state index is 12.8. The molecule has 0 aliphatic rings. The second-order valence-corrected chi connectivity index (χ2v) is 7.76. The lowest BCUT2D eigenvalue weighted by molar-refractivity contribution is 0.0695. The van der Waals surface area contributed by atoms with E-state index in [1.54, 1.807) is 41.0 Å². The monoisotopic (exact) mass is 479 g/mol. The molecule has 1 N–H and O–H groups in total. The molecule has 0 bridgehead atoms. The Morgan fingerprint density at radius 1 is 0.941 bits per heavy atom. The number of rotatable bonds is 8. The van der Waals surface area contributed by atoms with Crippen molar-refractivity contribution in [1.82, 2.24) is 4.57 Å². The second-order valence-electron chi connectivity index (χ2n) is 7.49. The summed E-state index contributed by atoms with van der Waals surface area (Å²) in [6, 6.07) is 17.8. The Hall–Kier alpha value is -3.97. The van der Waals surface area contributed by atoms with Crippen molar-refractivity contribution in [2.75, 3.05) is 14.2 Å². The quantitative estimate of drug-likeness (QED) is 0.357. The van der Waals surface area contributed by atoms with Crippen molar-refractivity contribution in [3.8, 4) is 22.9 Å². The largest absolute Gasteiger partial charge is 0.497 e. The van der Waals surface area contributed by atoms with E-state index < -0.39 is 11.4 Å². The third-order valence-electron chi connectivity index (χ3n) is 5.48. The van der Waals surface area contributed by atoms with Crippen LogP contribution < -0.4 is 19.6 Å². The number of pyridine rings is 1. The zero-order valence-corrected chi connectivity index (χ0v) is 19.3. The van der Waals surface area contributed by atoms with E-state index >= 15 is 0 Å². The van der Waals surface area contributed by atoms with Crippen molar-refractivity contribution in [3.05, 3.63) is 93.8 Å². The number of fused-ring (bicyclic) bond motifs is 1. The number of hydrogen-bond acceptors (Lipinski definition) is 5. The van der Waals surface area contributed by atoms with Gasteiger partial charge < -0.3 is 23.9 Å². The molecule has 0 amide bonds. The third kappa shape index (κ3) is 4.56. The SMILES string of the molecule is COc1cc(OCc2ccccc2CCl)cc(-n2cc(C(=O)O)c(=O)c3ccc(OC)cc32)c1. The van der Waals surface area contributed by atoms with Crippen LogP contribution in [0.4, 0.5) is 0 Å². The van der Waals surface area contributed by atoms with Gasteiger partial charge in [0.25, 0.3) is 0 Å². The molecule has 0 aliphatic carbocycles. The van der Waals surface area contributed by atoms with Gasteiger partial charge in [-0.15, -0.1) is 11.6 Å². The van der Waals surface area contributed by atoms with Crippen LogP contribution in [-0.2, 0) is 12.5 Å². The number of methoxy groups -OCH3 is 2. The topological polar surface area (TPSA) is 87.0 Å². The molecule has 34 heavy (non-hydrogen) atoms. The lowest BCUT2D eigenvalue weighted by atomic mass is 10.1. The lowest BCUT2D eigenvalue weighted by Gasteiger charge is -2.16. The van der Waals surface area contributed by atoms with Crippen molar-refractivity contribution < 1.29 is 24.1 Å².